The smallest absolute Gasteiger partial charge is 0.408 e. The van der Waals surface area contributed by atoms with Crippen LogP contribution in [0.1, 0.15) is 78.6 Å². The molecule has 5 atom stereocenters. The fraction of sp³-hybridized carbons (Fsp3) is 0.778. The van der Waals surface area contributed by atoms with Gasteiger partial charge in [-0.15, -0.1) is 0 Å². The summed E-state index contributed by atoms with van der Waals surface area (Å²) in [5.41, 5.74) is -2.16. The van der Waals surface area contributed by atoms with E-state index in [1.165, 1.54) is 12.0 Å². The van der Waals surface area contributed by atoms with Crippen molar-refractivity contribution in [3.05, 3.63) is 12.2 Å². The van der Waals surface area contributed by atoms with E-state index in [2.05, 4.69) is 15.4 Å². The lowest BCUT2D eigenvalue weighted by Gasteiger charge is -2.30. The second-order valence-corrected chi connectivity index (χ2v) is 14.3. The van der Waals surface area contributed by atoms with Crippen LogP contribution in [-0.2, 0) is 33.9 Å². The van der Waals surface area contributed by atoms with E-state index in [0.717, 1.165) is 19.3 Å². The molecule has 0 spiro atoms. The van der Waals surface area contributed by atoms with E-state index >= 15 is 0 Å². The van der Waals surface area contributed by atoms with Crippen LogP contribution in [0.25, 0.3) is 0 Å². The van der Waals surface area contributed by atoms with Gasteiger partial charge in [0.15, 0.2) is 0 Å². The molecule has 3 N–H and O–H groups in total. The average Bonchev–Trinajstić information content (AvgIpc) is 3.77. The third-order valence-corrected chi connectivity index (χ3v) is 9.69. The number of fused-ring (bicyclic) bond motifs is 2. The first-order chi connectivity index (χ1) is 18.8. The van der Waals surface area contributed by atoms with E-state index in [9.17, 15) is 27.6 Å². The molecule has 40 heavy (non-hydrogen) atoms. The Balaban J connectivity index is 1.58. The number of ether oxygens (including phenoxy) is 2. The van der Waals surface area contributed by atoms with E-state index in [1.54, 1.807) is 20.8 Å². The molecule has 2 saturated carbocycles. The second-order valence-electron chi connectivity index (χ2n) is 12.3. The van der Waals surface area contributed by atoms with Crippen molar-refractivity contribution < 1.29 is 37.1 Å². The normalized spacial score (nSPS) is 32.5. The number of hydrogen-bond acceptors (Lipinski definition) is 8. The molecule has 0 unspecified atom stereocenters. The Hall–Kier alpha value is -2.67. The molecule has 4 aliphatic rings. The summed E-state index contributed by atoms with van der Waals surface area (Å²) in [5, 5.41) is 4.92. The van der Waals surface area contributed by atoms with Crippen molar-refractivity contribution in [2.45, 2.75) is 113 Å². The number of sulfonamides is 1. The van der Waals surface area contributed by atoms with Gasteiger partial charge in [-0.1, -0.05) is 25.0 Å². The van der Waals surface area contributed by atoms with Crippen LogP contribution in [0.4, 0.5) is 4.79 Å². The first-order valence-corrected chi connectivity index (χ1v) is 15.7. The fourth-order valence-electron chi connectivity index (χ4n) is 5.38. The summed E-state index contributed by atoms with van der Waals surface area (Å²) in [6, 6.07) is -1.86. The zero-order chi connectivity index (χ0) is 29.3. The molecule has 0 radical (unpaired) electrons. The Bertz CT molecular complexity index is 1150. The lowest BCUT2D eigenvalue weighted by atomic mass is 10.0. The minimum atomic E-state index is -3.81. The van der Waals surface area contributed by atoms with Gasteiger partial charge >= 0.3 is 6.09 Å². The Morgan fingerprint density at radius 3 is 2.50 bits per heavy atom. The maximum atomic E-state index is 13.8. The summed E-state index contributed by atoms with van der Waals surface area (Å²) >= 11 is 0. The zero-order valence-corrected chi connectivity index (χ0v) is 24.6. The van der Waals surface area contributed by atoms with E-state index in [4.69, 9.17) is 9.47 Å². The van der Waals surface area contributed by atoms with Crippen LogP contribution >= 0.6 is 0 Å². The molecule has 224 valence electrons. The second kappa shape index (κ2) is 11.7. The Morgan fingerprint density at radius 2 is 1.85 bits per heavy atom. The number of allylic oxidation sites excluding steroid dienone is 1. The highest BCUT2D eigenvalue weighted by Gasteiger charge is 2.62. The third-order valence-electron chi connectivity index (χ3n) is 7.87. The molecule has 2 aliphatic heterocycles. The van der Waals surface area contributed by atoms with Crippen LogP contribution in [0.5, 0.6) is 0 Å². The molecular formula is C27H42N4O8S. The van der Waals surface area contributed by atoms with E-state index in [1.807, 2.05) is 12.2 Å². The third kappa shape index (κ3) is 7.15. The van der Waals surface area contributed by atoms with Gasteiger partial charge in [-0.2, -0.15) is 0 Å². The molecule has 12 nitrogen and oxygen atoms in total. The van der Waals surface area contributed by atoms with Crippen LogP contribution in [0.15, 0.2) is 12.2 Å². The molecule has 0 aromatic rings. The maximum Gasteiger partial charge on any atom is 0.408 e. The molecule has 0 aromatic carbocycles. The maximum absolute atomic E-state index is 13.8. The van der Waals surface area contributed by atoms with Crippen molar-refractivity contribution in [2.24, 2.45) is 5.92 Å². The minimum absolute atomic E-state index is 0.137. The van der Waals surface area contributed by atoms with Crippen molar-refractivity contribution in [1.82, 2.24) is 20.3 Å². The van der Waals surface area contributed by atoms with Crippen molar-refractivity contribution in [2.75, 3.05) is 13.7 Å². The van der Waals surface area contributed by atoms with Gasteiger partial charge in [0, 0.05) is 26.0 Å². The van der Waals surface area contributed by atoms with Crippen molar-refractivity contribution in [3.63, 3.8) is 0 Å². The number of methoxy groups -OCH3 is 1. The molecule has 4 rings (SSSR count). The Morgan fingerprint density at radius 1 is 1.12 bits per heavy atom. The predicted molar refractivity (Wildman–Crippen MR) is 145 cm³/mol. The van der Waals surface area contributed by atoms with Gasteiger partial charge in [0.1, 0.15) is 23.2 Å². The molecular weight excluding hydrogens is 540 g/mol. The highest BCUT2D eigenvalue weighted by atomic mass is 32.2. The van der Waals surface area contributed by atoms with Crippen LogP contribution in [0, 0.1) is 5.92 Å². The number of hydrogen-bond donors (Lipinski definition) is 3. The number of carbonyl (C=O) groups is 4. The van der Waals surface area contributed by atoms with Crippen molar-refractivity contribution in [3.8, 4) is 0 Å². The number of nitrogens with zero attached hydrogens (tertiary/aromatic N) is 1. The van der Waals surface area contributed by atoms with Crippen LogP contribution < -0.4 is 15.4 Å². The van der Waals surface area contributed by atoms with Gasteiger partial charge in [0.25, 0.3) is 5.91 Å². The molecule has 13 heteroatoms. The first-order valence-electron chi connectivity index (χ1n) is 14.1. The summed E-state index contributed by atoms with van der Waals surface area (Å²) in [4.78, 5) is 54.8. The van der Waals surface area contributed by atoms with E-state index < -0.39 is 68.4 Å². The van der Waals surface area contributed by atoms with Gasteiger partial charge in [-0.05, 0) is 59.3 Å². The van der Waals surface area contributed by atoms with Crippen molar-refractivity contribution >= 4 is 33.8 Å². The van der Waals surface area contributed by atoms with Gasteiger partial charge in [-0.25, -0.2) is 13.2 Å². The average molecular weight is 583 g/mol. The predicted octanol–water partition coefficient (Wildman–Crippen LogP) is 1.50. The summed E-state index contributed by atoms with van der Waals surface area (Å²) < 4.78 is 38.1. The molecule has 0 bridgehead atoms. The first kappa shape index (κ1) is 30.3. The van der Waals surface area contributed by atoms with Gasteiger partial charge < -0.3 is 25.0 Å². The lowest BCUT2D eigenvalue weighted by molar-refractivity contribution is -0.141. The molecule has 2 heterocycles. The van der Waals surface area contributed by atoms with Gasteiger partial charge in [0.05, 0.1) is 11.4 Å². The minimum Gasteiger partial charge on any atom is -0.444 e. The summed E-state index contributed by atoms with van der Waals surface area (Å²) in [5.74, 6) is -2.11. The molecule has 0 aromatic heterocycles. The van der Waals surface area contributed by atoms with E-state index in [0.29, 0.717) is 25.7 Å². The van der Waals surface area contributed by atoms with Crippen LogP contribution in [-0.4, -0.2) is 85.4 Å². The topological polar surface area (TPSA) is 160 Å². The Labute approximate surface area is 236 Å². The molecule has 4 amide bonds. The van der Waals surface area contributed by atoms with Crippen LogP contribution in [0.3, 0.4) is 0 Å². The molecule has 1 saturated heterocycles. The number of nitrogens with one attached hydrogen (secondary N) is 3. The van der Waals surface area contributed by atoms with E-state index in [-0.39, 0.29) is 25.3 Å². The number of amides is 4. The SMILES string of the molecule is CO[C@@H]1C[C@H]2C(=O)N[C@]3(C(=O)NS(=O)(=O)C4CC4)C[C@H]3/C=C\CCCCC[C@H](NC(=O)OC(C)(C)C)C(=O)N2C1. The summed E-state index contributed by atoms with van der Waals surface area (Å²) in [6.07, 6.45) is 7.55. The number of carbonyl (C=O) groups excluding carboxylic acids is 4. The fourth-order valence-corrected chi connectivity index (χ4v) is 6.75. The standard InChI is InChI=1S/C27H42N4O8S/c1-26(2,3)39-25(35)28-20-11-9-7-5-6-8-10-17-15-27(17,24(34)30-40(36,37)19-12-13-19)29-22(32)21-14-18(38-4)16-31(21)23(20)33/h8,10,17-21H,5-7,9,11-16H2,1-4H3,(H,28,35)(H,29,32)(H,30,34)/b10-8-/t17-,18-,20+,21+,27-/m1/s1. The van der Waals surface area contributed by atoms with Gasteiger partial charge in [-0.3, -0.25) is 19.1 Å². The highest BCUT2D eigenvalue weighted by Crippen LogP contribution is 2.46. The Kier molecular flexibility index (Phi) is 8.84. The zero-order valence-electron chi connectivity index (χ0n) is 23.7. The largest absolute Gasteiger partial charge is 0.444 e. The summed E-state index contributed by atoms with van der Waals surface area (Å²) in [7, 11) is -2.32. The number of alkyl carbamates (subject to hydrolysis) is 1. The monoisotopic (exact) mass is 582 g/mol. The lowest BCUT2D eigenvalue weighted by Crippen LogP contribution is -2.58. The van der Waals surface area contributed by atoms with Crippen LogP contribution in [0.2, 0.25) is 0 Å². The quantitative estimate of drug-likeness (QED) is 0.411. The number of rotatable bonds is 5. The van der Waals surface area contributed by atoms with Crippen molar-refractivity contribution in [1.29, 1.82) is 0 Å². The summed E-state index contributed by atoms with van der Waals surface area (Å²) in [6.45, 7) is 5.33. The van der Waals surface area contributed by atoms with Gasteiger partial charge in [0.2, 0.25) is 21.8 Å². The molecule has 3 fully saturated rings. The highest BCUT2D eigenvalue weighted by molar-refractivity contribution is 7.91. The molecule has 2 aliphatic carbocycles.